The number of hydrogen-bond donors (Lipinski definition) is 1. The summed E-state index contributed by atoms with van der Waals surface area (Å²) in [6, 6.07) is 10.2. The SMILES string of the molecule is C=C(CCC(=O)O)CCc1ccccc1. The van der Waals surface area contributed by atoms with Gasteiger partial charge in [0.25, 0.3) is 0 Å². The molecule has 1 rings (SSSR count). The summed E-state index contributed by atoms with van der Waals surface area (Å²) in [5.41, 5.74) is 2.29. The zero-order valence-electron chi connectivity index (χ0n) is 8.78. The highest BCUT2D eigenvalue weighted by atomic mass is 16.4. The number of carbonyl (C=O) groups is 1. The monoisotopic (exact) mass is 204 g/mol. The Hall–Kier alpha value is -1.57. The Balaban J connectivity index is 2.26. The lowest BCUT2D eigenvalue weighted by atomic mass is 10.0. The summed E-state index contributed by atoms with van der Waals surface area (Å²) in [5, 5.41) is 8.51. The largest absolute Gasteiger partial charge is 0.481 e. The smallest absolute Gasteiger partial charge is 0.303 e. The Labute approximate surface area is 90.3 Å². The Morgan fingerprint density at radius 1 is 1.13 bits per heavy atom. The number of allylic oxidation sites excluding steroid dienone is 1. The van der Waals surface area contributed by atoms with Gasteiger partial charge in [0.05, 0.1) is 0 Å². The zero-order valence-corrected chi connectivity index (χ0v) is 8.78. The van der Waals surface area contributed by atoms with Gasteiger partial charge in [-0.05, 0) is 24.8 Å². The van der Waals surface area contributed by atoms with Crippen LogP contribution in [0.3, 0.4) is 0 Å². The molecule has 1 aromatic rings. The highest BCUT2D eigenvalue weighted by Gasteiger charge is 2.00. The fraction of sp³-hybridized carbons (Fsp3) is 0.308. The molecule has 15 heavy (non-hydrogen) atoms. The topological polar surface area (TPSA) is 37.3 Å². The van der Waals surface area contributed by atoms with Crippen LogP contribution in [0.1, 0.15) is 24.8 Å². The van der Waals surface area contributed by atoms with E-state index in [-0.39, 0.29) is 6.42 Å². The molecule has 0 aliphatic heterocycles. The second-order valence-electron chi connectivity index (χ2n) is 3.63. The van der Waals surface area contributed by atoms with Crippen LogP contribution in [0.25, 0.3) is 0 Å². The normalized spacial score (nSPS) is 9.87. The van der Waals surface area contributed by atoms with Crippen molar-refractivity contribution in [3.8, 4) is 0 Å². The first-order valence-electron chi connectivity index (χ1n) is 5.11. The van der Waals surface area contributed by atoms with Gasteiger partial charge in [-0.25, -0.2) is 0 Å². The van der Waals surface area contributed by atoms with E-state index in [1.807, 2.05) is 18.2 Å². The molecule has 0 bridgehead atoms. The summed E-state index contributed by atoms with van der Waals surface area (Å²) in [4.78, 5) is 10.3. The standard InChI is InChI=1S/C13H16O2/c1-11(8-10-13(14)15)7-9-12-5-3-2-4-6-12/h2-6H,1,7-10H2,(H,14,15). The lowest BCUT2D eigenvalue weighted by molar-refractivity contribution is -0.136. The van der Waals surface area contributed by atoms with Gasteiger partial charge >= 0.3 is 5.97 Å². The zero-order chi connectivity index (χ0) is 11.1. The highest BCUT2D eigenvalue weighted by molar-refractivity contribution is 5.66. The maximum atomic E-state index is 10.3. The number of carboxylic acid groups (broad SMARTS) is 1. The van der Waals surface area contributed by atoms with Crippen LogP contribution in [0.5, 0.6) is 0 Å². The molecule has 80 valence electrons. The first-order valence-corrected chi connectivity index (χ1v) is 5.11. The van der Waals surface area contributed by atoms with Crippen molar-refractivity contribution in [2.45, 2.75) is 25.7 Å². The molecule has 0 amide bonds. The van der Waals surface area contributed by atoms with Crippen LogP contribution in [0.15, 0.2) is 42.5 Å². The first kappa shape index (κ1) is 11.5. The van der Waals surface area contributed by atoms with E-state index in [1.165, 1.54) is 5.56 Å². The molecular formula is C13H16O2. The van der Waals surface area contributed by atoms with Crippen LogP contribution in [0, 0.1) is 0 Å². The lowest BCUT2D eigenvalue weighted by Gasteiger charge is -2.03. The van der Waals surface area contributed by atoms with Crippen molar-refractivity contribution in [2.24, 2.45) is 0 Å². The van der Waals surface area contributed by atoms with Gasteiger partial charge in [-0.2, -0.15) is 0 Å². The van der Waals surface area contributed by atoms with Crippen molar-refractivity contribution in [3.63, 3.8) is 0 Å². The quantitative estimate of drug-likeness (QED) is 0.723. The summed E-state index contributed by atoms with van der Waals surface area (Å²) in [6.07, 6.45) is 2.59. The third kappa shape index (κ3) is 5.01. The minimum Gasteiger partial charge on any atom is -0.481 e. The summed E-state index contributed by atoms with van der Waals surface area (Å²) in [7, 11) is 0. The van der Waals surface area contributed by atoms with Crippen molar-refractivity contribution in [1.29, 1.82) is 0 Å². The maximum absolute atomic E-state index is 10.3. The van der Waals surface area contributed by atoms with Gasteiger partial charge < -0.3 is 5.11 Å². The Morgan fingerprint density at radius 3 is 2.40 bits per heavy atom. The van der Waals surface area contributed by atoms with Crippen LogP contribution in [-0.4, -0.2) is 11.1 Å². The Morgan fingerprint density at radius 2 is 1.80 bits per heavy atom. The molecule has 0 saturated heterocycles. The minimum atomic E-state index is -0.754. The van der Waals surface area contributed by atoms with Gasteiger partial charge in [0.1, 0.15) is 0 Å². The van der Waals surface area contributed by atoms with E-state index in [9.17, 15) is 4.79 Å². The van der Waals surface area contributed by atoms with Crippen molar-refractivity contribution in [1.82, 2.24) is 0 Å². The van der Waals surface area contributed by atoms with E-state index in [0.717, 1.165) is 18.4 Å². The van der Waals surface area contributed by atoms with Gasteiger partial charge in [0, 0.05) is 6.42 Å². The van der Waals surface area contributed by atoms with Gasteiger partial charge in [0.15, 0.2) is 0 Å². The van der Waals surface area contributed by atoms with Crippen molar-refractivity contribution < 1.29 is 9.90 Å². The molecule has 0 saturated carbocycles. The second-order valence-corrected chi connectivity index (χ2v) is 3.63. The molecule has 0 aromatic heterocycles. The lowest BCUT2D eigenvalue weighted by Crippen LogP contribution is -1.96. The molecule has 2 nitrogen and oxygen atoms in total. The number of aliphatic carboxylic acids is 1. The number of aryl methyl sites for hydroxylation is 1. The van der Waals surface area contributed by atoms with E-state index < -0.39 is 5.97 Å². The van der Waals surface area contributed by atoms with Crippen LogP contribution in [0.4, 0.5) is 0 Å². The number of carboxylic acids is 1. The van der Waals surface area contributed by atoms with Crippen LogP contribution >= 0.6 is 0 Å². The molecule has 0 fully saturated rings. The fourth-order valence-electron chi connectivity index (χ4n) is 1.37. The van der Waals surface area contributed by atoms with Gasteiger partial charge in [-0.3, -0.25) is 4.79 Å². The van der Waals surface area contributed by atoms with E-state index in [2.05, 4.69) is 18.7 Å². The molecule has 0 heterocycles. The highest BCUT2D eigenvalue weighted by Crippen LogP contribution is 2.12. The molecule has 1 aromatic carbocycles. The van der Waals surface area contributed by atoms with E-state index >= 15 is 0 Å². The predicted octanol–water partition coefficient (Wildman–Crippen LogP) is 3.04. The van der Waals surface area contributed by atoms with Gasteiger partial charge in [-0.1, -0.05) is 42.5 Å². The molecule has 0 spiro atoms. The van der Waals surface area contributed by atoms with E-state index in [4.69, 9.17) is 5.11 Å². The molecule has 0 atom stereocenters. The predicted molar refractivity (Wildman–Crippen MR) is 60.8 cm³/mol. The molecule has 0 unspecified atom stereocenters. The molecular weight excluding hydrogens is 188 g/mol. The third-order valence-corrected chi connectivity index (χ3v) is 2.30. The second kappa shape index (κ2) is 6.02. The number of benzene rings is 1. The fourth-order valence-corrected chi connectivity index (χ4v) is 1.37. The van der Waals surface area contributed by atoms with E-state index in [1.54, 1.807) is 0 Å². The van der Waals surface area contributed by atoms with Crippen LogP contribution < -0.4 is 0 Å². The average Bonchev–Trinajstić information content (AvgIpc) is 2.25. The molecule has 1 N–H and O–H groups in total. The van der Waals surface area contributed by atoms with Crippen LogP contribution in [0.2, 0.25) is 0 Å². The summed E-state index contributed by atoms with van der Waals surface area (Å²) >= 11 is 0. The number of hydrogen-bond acceptors (Lipinski definition) is 1. The molecule has 0 aliphatic carbocycles. The Kier molecular flexibility index (Phi) is 4.61. The average molecular weight is 204 g/mol. The van der Waals surface area contributed by atoms with Crippen molar-refractivity contribution in [2.75, 3.05) is 0 Å². The van der Waals surface area contributed by atoms with Gasteiger partial charge in [0.2, 0.25) is 0 Å². The third-order valence-electron chi connectivity index (χ3n) is 2.30. The number of rotatable bonds is 6. The van der Waals surface area contributed by atoms with E-state index in [0.29, 0.717) is 6.42 Å². The van der Waals surface area contributed by atoms with Crippen LogP contribution in [-0.2, 0) is 11.2 Å². The first-order chi connectivity index (χ1) is 7.18. The molecule has 0 radical (unpaired) electrons. The van der Waals surface area contributed by atoms with Crippen molar-refractivity contribution in [3.05, 3.63) is 48.0 Å². The maximum Gasteiger partial charge on any atom is 0.303 e. The van der Waals surface area contributed by atoms with Gasteiger partial charge in [-0.15, -0.1) is 0 Å². The molecule has 2 heteroatoms. The summed E-state index contributed by atoms with van der Waals surface area (Å²) in [5.74, 6) is -0.754. The summed E-state index contributed by atoms with van der Waals surface area (Å²) < 4.78 is 0. The Bertz CT molecular complexity index is 328. The van der Waals surface area contributed by atoms with Crippen molar-refractivity contribution >= 4 is 5.97 Å². The molecule has 0 aliphatic rings. The summed E-state index contributed by atoms with van der Waals surface area (Å²) in [6.45, 7) is 3.88. The minimum absolute atomic E-state index is 0.188.